The standard InChI is InChI=1S/C28H27ClFNO3/c1-3-26-24(28(32)33-4-2)14-19(16-31-26)21-9-7-10-22(21)23-15-20(29)12-13-27(23)34-17-18-8-5-6-11-25(18)30/h5-6,8,11-16H,3-4,7,9-10,17H2,1-2H3. The Morgan fingerprint density at radius 3 is 2.65 bits per heavy atom. The zero-order valence-electron chi connectivity index (χ0n) is 19.4. The van der Waals surface area contributed by atoms with E-state index in [1.54, 1.807) is 31.2 Å². The first-order valence-electron chi connectivity index (χ1n) is 11.6. The lowest BCUT2D eigenvalue weighted by Gasteiger charge is -2.16. The molecule has 1 aliphatic rings. The number of hydrogen-bond donors (Lipinski definition) is 0. The third-order valence-corrected chi connectivity index (χ3v) is 6.21. The smallest absolute Gasteiger partial charge is 0.339 e. The van der Waals surface area contributed by atoms with Crippen LogP contribution in [0.25, 0.3) is 11.1 Å². The van der Waals surface area contributed by atoms with E-state index in [1.807, 2.05) is 31.3 Å². The molecule has 0 radical (unpaired) electrons. The number of pyridine rings is 1. The van der Waals surface area contributed by atoms with E-state index < -0.39 is 0 Å². The van der Waals surface area contributed by atoms with Crippen molar-refractivity contribution in [2.75, 3.05) is 6.61 Å². The summed E-state index contributed by atoms with van der Waals surface area (Å²) in [6.45, 7) is 4.19. The number of halogens is 2. The van der Waals surface area contributed by atoms with Crippen molar-refractivity contribution in [3.05, 3.63) is 93.5 Å². The fourth-order valence-electron chi connectivity index (χ4n) is 4.32. The number of ether oxygens (including phenoxy) is 2. The Morgan fingerprint density at radius 1 is 1.09 bits per heavy atom. The number of allylic oxidation sites excluding steroid dienone is 2. The number of nitrogens with zero attached hydrogens (tertiary/aromatic N) is 1. The van der Waals surface area contributed by atoms with Crippen LogP contribution in [0.3, 0.4) is 0 Å². The fraction of sp³-hybridized carbons (Fsp3) is 0.286. The van der Waals surface area contributed by atoms with Gasteiger partial charge in [0.05, 0.1) is 17.9 Å². The quantitative estimate of drug-likeness (QED) is 0.318. The van der Waals surface area contributed by atoms with Gasteiger partial charge in [-0.2, -0.15) is 0 Å². The van der Waals surface area contributed by atoms with E-state index in [4.69, 9.17) is 21.1 Å². The van der Waals surface area contributed by atoms with E-state index in [2.05, 4.69) is 4.98 Å². The van der Waals surface area contributed by atoms with Crippen molar-refractivity contribution < 1.29 is 18.7 Å². The van der Waals surface area contributed by atoms with E-state index in [9.17, 15) is 9.18 Å². The van der Waals surface area contributed by atoms with Gasteiger partial charge in [0.1, 0.15) is 18.2 Å². The highest BCUT2D eigenvalue weighted by atomic mass is 35.5. The van der Waals surface area contributed by atoms with Gasteiger partial charge in [-0.05, 0) is 79.6 Å². The second kappa shape index (κ2) is 10.8. The number of carbonyl (C=O) groups excluding carboxylic acids is 1. The molecule has 0 aliphatic heterocycles. The van der Waals surface area contributed by atoms with Crippen LogP contribution < -0.4 is 4.74 Å². The number of benzene rings is 2. The maximum absolute atomic E-state index is 14.1. The van der Waals surface area contributed by atoms with Crippen LogP contribution in [0.2, 0.25) is 5.02 Å². The predicted octanol–water partition coefficient (Wildman–Crippen LogP) is 7.29. The van der Waals surface area contributed by atoms with Gasteiger partial charge in [0.15, 0.2) is 0 Å². The number of hydrogen-bond acceptors (Lipinski definition) is 4. The molecule has 1 heterocycles. The summed E-state index contributed by atoms with van der Waals surface area (Å²) in [7, 11) is 0. The maximum atomic E-state index is 14.1. The van der Waals surface area contributed by atoms with Crippen molar-refractivity contribution in [1.82, 2.24) is 4.98 Å². The molecule has 0 bridgehead atoms. The van der Waals surface area contributed by atoms with Gasteiger partial charge in [-0.3, -0.25) is 4.98 Å². The summed E-state index contributed by atoms with van der Waals surface area (Å²) >= 11 is 6.36. The second-order valence-electron chi connectivity index (χ2n) is 8.12. The third kappa shape index (κ3) is 5.15. The SMILES string of the molecule is CCOC(=O)c1cc(C2=C(c3cc(Cl)ccc3OCc3ccccc3F)CCC2)cnc1CC. The summed E-state index contributed by atoms with van der Waals surface area (Å²) in [6, 6.07) is 13.9. The Balaban J connectivity index is 1.73. The lowest BCUT2D eigenvalue weighted by atomic mass is 9.96. The van der Waals surface area contributed by atoms with E-state index in [0.29, 0.717) is 34.9 Å². The molecule has 1 aromatic heterocycles. The minimum Gasteiger partial charge on any atom is -0.488 e. The van der Waals surface area contributed by atoms with Gasteiger partial charge in [-0.15, -0.1) is 0 Å². The largest absolute Gasteiger partial charge is 0.488 e. The maximum Gasteiger partial charge on any atom is 0.339 e. The number of carbonyl (C=O) groups is 1. The first kappa shape index (κ1) is 24.0. The van der Waals surface area contributed by atoms with Crippen LogP contribution in [0.1, 0.15) is 65.9 Å². The Hall–Kier alpha value is -3.18. The summed E-state index contributed by atoms with van der Waals surface area (Å²) in [5.74, 6) is -0.0105. The highest BCUT2D eigenvalue weighted by Gasteiger charge is 2.23. The van der Waals surface area contributed by atoms with E-state index in [1.165, 1.54) is 6.07 Å². The molecule has 0 fully saturated rings. The van der Waals surface area contributed by atoms with Crippen molar-refractivity contribution in [2.45, 2.75) is 46.1 Å². The van der Waals surface area contributed by atoms with Crippen LogP contribution >= 0.6 is 11.6 Å². The molecule has 4 nitrogen and oxygen atoms in total. The molecule has 3 aromatic rings. The highest BCUT2D eigenvalue weighted by molar-refractivity contribution is 6.30. The molecule has 4 rings (SSSR count). The molecule has 0 unspecified atom stereocenters. The third-order valence-electron chi connectivity index (χ3n) is 5.97. The summed E-state index contributed by atoms with van der Waals surface area (Å²) in [5.41, 5.74) is 5.70. The topological polar surface area (TPSA) is 48.4 Å². The van der Waals surface area contributed by atoms with Crippen molar-refractivity contribution >= 4 is 28.7 Å². The van der Waals surface area contributed by atoms with Gasteiger partial charge < -0.3 is 9.47 Å². The van der Waals surface area contributed by atoms with Crippen molar-refractivity contribution in [3.63, 3.8) is 0 Å². The monoisotopic (exact) mass is 479 g/mol. The van der Waals surface area contributed by atoms with E-state index in [-0.39, 0.29) is 18.4 Å². The Kier molecular flexibility index (Phi) is 7.63. The van der Waals surface area contributed by atoms with Crippen LogP contribution in [0.4, 0.5) is 4.39 Å². The summed E-state index contributed by atoms with van der Waals surface area (Å²) in [5, 5.41) is 0.596. The molecule has 2 aromatic carbocycles. The van der Waals surface area contributed by atoms with Crippen molar-refractivity contribution in [2.24, 2.45) is 0 Å². The molecule has 0 N–H and O–H groups in total. The normalized spacial score (nSPS) is 13.3. The highest BCUT2D eigenvalue weighted by Crippen LogP contribution is 2.44. The van der Waals surface area contributed by atoms with Gasteiger partial charge in [0.2, 0.25) is 0 Å². The van der Waals surface area contributed by atoms with Gasteiger partial charge in [-0.25, -0.2) is 9.18 Å². The molecule has 34 heavy (non-hydrogen) atoms. The second-order valence-corrected chi connectivity index (χ2v) is 8.56. The average molecular weight is 480 g/mol. The molecule has 0 atom stereocenters. The van der Waals surface area contributed by atoms with E-state index >= 15 is 0 Å². The first-order valence-corrected chi connectivity index (χ1v) is 11.9. The Bertz CT molecular complexity index is 1240. The molecule has 0 spiro atoms. The number of aryl methyl sites for hydroxylation is 1. The van der Waals surface area contributed by atoms with Crippen LogP contribution in [0, 0.1) is 5.82 Å². The molecule has 6 heteroatoms. The van der Waals surface area contributed by atoms with Crippen LogP contribution in [0.15, 0.2) is 54.7 Å². The molecular weight excluding hydrogens is 453 g/mol. The lowest BCUT2D eigenvalue weighted by Crippen LogP contribution is -2.10. The van der Waals surface area contributed by atoms with Gasteiger partial charge >= 0.3 is 5.97 Å². The van der Waals surface area contributed by atoms with E-state index in [0.717, 1.165) is 47.2 Å². The summed E-state index contributed by atoms with van der Waals surface area (Å²) in [6.07, 6.45) is 5.13. The molecule has 0 saturated carbocycles. The first-order chi connectivity index (χ1) is 16.5. The minimum atomic E-state index is -0.356. The Morgan fingerprint density at radius 2 is 1.88 bits per heavy atom. The number of rotatable bonds is 8. The van der Waals surface area contributed by atoms with Gasteiger partial charge in [-0.1, -0.05) is 36.7 Å². The molecule has 0 saturated heterocycles. The molecule has 0 amide bonds. The lowest BCUT2D eigenvalue weighted by molar-refractivity contribution is 0.0524. The number of aromatic nitrogens is 1. The molecule has 1 aliphatic carbocycles. The van der Waals surface area contributed by atoms with Gasteiger partial charge in [0.25, 0.3) is 0 Å². The van der Waals surface area contributed by atoms with Crippen molar-refractivity contribution in [3.8, 4) is 5.75 Å². The zero-order valence-corrected chi connectivity index (χ0v) is 20.1. The van der Waals surface area contributed by atoms with Gasteiger partial charge in [0, 0.05) is 22.3 Å². The minimum absolute atomic E-state index is 0.115. The summed E-state index contributed by atoms with van der Waals surface area (Å²) in [4.78, 5) is 17.1. The summed E-state index contributed by atoms with van der Waals surface area (Å²) < 4.78 is 25.4. The fourth-order valence-corrected chi connectivity index (χ4v) is 4.49. The molecular formula is C28H27ClFNO3. The molecule has 176 valence electrons. The van der Waals surface area contributed by atoms with Crippen LogP contribution in [-0.2, 0) is 17.8 Å². The van der Waals surface area contributed by atoms with Crippen LogP contribution in [0.5, 0.6) is 5.75 Å². The average Bonchev–Trinajstić information content (AvgIpc) is 3.33. The zero-order chi connectivity index (χ0) is 24.1. The Labute approximate surface area is 204 Å². The number of esters is 1. The van der Waals surface area contributed by atoms with Crippen molar-refractivity contribution in [1.29, 1.82) is 0 Å². The van der Waals surface area contributed by atoms with Crippen LogP contribution in [-0.4, -0.2) is 17.6 Å². The predicted molar refractivity (Wildman–Crippen MR) is 132 cm³/mol.